The molecule has 0 fully saturated rings. The Kier molecular flexibility index (Phi) is 3.02. The lowest BCUT2D eigenvalue weighted by molar-refractivity contribution is 0.0970. The largest absolute Gasteiger partial charge is 0.328 e. The van der Waals surface area contributed by atoms with E-state index in [-0.39, 0.29) is 18.0 Å². The number of thiophene rings is 1. The lowest BCUT2D eigenvalue weighted by Gasteiger charge is -2.00. The molecule has 0 spiro atoms. The molecule has 0 amide bonds. The van der Waals surface area contributed by atoms with Crippen molar-refractivity contribution in [1.82, 2.24) is 9.13 Å². The van der Waals surface area contributed by atoms with Crippen molar-refractivity contribution in [3.05, 3.63) is 44.3 Å². The Morgan fingerprint density at radius 1 is 1.35 bits per heavy atom. The van der Waals surface area contributed by atoms with Crippen LogP contribution in [0.1, 0.15) is 20.1 Å². The van der Waals surface area contributed by atoms with Gasteiger partial charge >= 0.3 is 5.69 Å². The Morgan fingerprint density at radius 3 is 2.53 bits per heavy atom. The number of imidazole rings is 1. The van der Waals surface area contributed by atoms with Crippen LogP contribution in [-0.2, 0) is 13.6 Å². The molecule has 0 atom stereocenters. The van der Waals surface area contributed by atoms with Gasteiger partial charge in [-0.15, -0.1) is 11.3 Å². The van der Waals surface area contributed by atoms with Gasteiger partial charge in [-0.05, 0) is 19.9 Å². The summed E-state index contributed by atoms with van der Waals surface area (Å²) in [5, 5.41) is 0. The molecule has 2 aromatic heterocycles. The average molecular weight is 250 g/mol. The predicted molar refractivity (Wildman–Crippen MR) is 67.8 cm³/mol. The maximum atomic E-state index is 12.0. The van der Waals surface area contributed by atoms with E-state index in [1.165, 1.54) is 9.13 Å². The molecule has 2 heterocycles. The number of carbonyl (C=O) groups is 1. The van der Waals surface area contributed by atoms with Gasteiger partial charge in [0.2, 0.25) is 0 Å². The van der Waals surface area contributed by atoms with E-state index in [0.29, 0.717) is 0 Å². The van der Waals surface area contributed by atoms with Crippen molar-refractivity contribution in [2.45, 2.75) is 20.4 Å². The van der Waals surface area contributed by atoms with Gasteiger partial charge in [-0.25, -0.2) is 4.79 Å². The summed E-state index contributed by atoms with van der Waals surface area (Å²) in [6.45, 7) is 4.01. The molecule has 0 radical (unpaired) electrons. The SMILES string of the molecule is Cc1cc(C(=O)Cn2ccn(C)c2=O)c(C)s1. The molecule has 0 bridgehead atoms. The van der Waals surface area contributed by atoms with E-state index in [2.05, 4.69) is 0 Å². The number of carbonyl (C=O) groups excluding carboxylic acids is 1. The number of Topliss-reactive ketones (excluding diaryl/α,β-unsaturated/α-hetero) is 1. The van der Waals surface area contributed by atoms with Crippen LogP contribution < -0.4 is 5.69 Å². The summed E-state index contributed by atoms with van der Waals surface area (Å²) in [5.74, 6) is -0.0137. The minimum atomic E-state index is -0.164. The van der Waals surface area contributed by atoms with Crippen molar-refractivity contribution < 1.29 is 4.79 Å². The van der Waals surface area contributed by atoms with Crippen LogP contribution in [0.3, 0.4) is 0 Å². The second-order valence-corrected chi connectivity index (χ2v) is 5.53. The Bertz CT molecular complexity index is 619. The van der Waals surface area contributed by atoms with E-state index in [9.17, 15) is 9.59 Å². The maximum Gasteiger partial charge on any atom is 0.328 e. The molecule has 0 aliphatic heterocycles. The highest BCUT2D eigenvalue weighted by Gasteiger charge is 2.13. The van der Waals surface area contributed by atoms with Crippen LogP contribution in [-0.4, -0.2) is 14.9 Å². The number of aromatic nitrogens is 2. The summed E-state index contributed by atoms with van der Waals surface area (Å²) in [6.07, 6.45) is 3.29. The highest BCUT2D eigenvalue weighted by Crippen LogP contribution is 2.21. The zero-order valence-electron chi connectivity index (χ0n) is 10.1. The van der Waals surface area contributed by atoms with Gasteiger partial charge in [-0.3, -0.25) is 9.36 Å². The van der Waals surface area contributed by atoms with E-state index in [0.717, 1.165) is 15.3 Å². The van der Waals surface area contributed by atoms with E-state index < -0.39 is 0 Å². The molecule has 2 rings (SSSR count). The Labute approximate surface area is 103 Å². The van der Waals surface area contributed by atoms with Crippen LogP contribution >= 0.6 is 11.3 Å². The van der Waals surface area contributed by atoms with Crippen LogP contribution in [0.15, 0.2) is 23.3 Å². The molecule has 0 N–H and O–H groups in total. The zero-order valence-corrected chi connectivity index (χ0v) is 10.9. The highest BCUT2D eigenvalue weighted by atomic mass is 32.1. The third-order valence-electron chi connectivity index (χ3n) is 2.67. The Hall–Kier alpha value is -1.62. The van der Waals surface area contributed by atoms with Crippen LogP contribution in [0, 0.1) is 13.8 Å². The van der Waals surface area contributed by atoms with Crippen LogP contribution in [0.4, 0.5) is 0 Å². The van der Waals surface area contributed by atoms with Gasteiger partial charge in [-0.2, -0.15) is 0 Å². The molecule has 2 aromatic rings. The normalized spacial score (nSPS) is 10.8. The Balaban J connectivity index is 2.26. The molecule has 17 heavy (non-hydrogen) atoms. The number of aryl methyl sites for hydroxylation is 3. The second kappa shape index (κ2) is 4.33. The summed E-state index contributed by atoms with van der Waals surface area (Å²) in [5.41, 5.74) is 0.561. The monoisotopic (exact) mass is 250 g/mol. The number of rotatable bonds is 3. The first-order valence-corrected chi connectivity index (χ1v) is 6.12. The maximum absolute atomic E-state index is 12.0. The van der Waals surface area contributed by atoms with Crippen LogP contribution in [0.2, 0.25) is 0 Å². The van der Waals surface area contributed by atoms with Gasteiger partial charge < -0.3 is 4.57 Å². The average Bonchev–Trinajstić information content (AvgIpc) is 2.75. The van der Waals surface area contributed by atoms with Gasteiger partial charge in [0.1, 0.15) is 0 Å². The van der Waals surface area contributed by atoms with Gasteiger partial charge in [0, 0.05) is 34.8 Å². The first kappa shape index (κ1) is 11.9. The van der Waals surface area contributed by atoms with Crippen molar-refractivity contribution >= 4 is 17.1 Å². The molecule has 0 aliphatic rings. The molecule has 0 saturated carbocycles. The highest BCUT2D eigenvalue weighted by molar-refractivity contribution is 7.12. The summed E-state index contributed by atoms with van der Waals surface area (Å²) in [6, 6.07) is 1.89. The number of ketones is 1. The molecule has 0 saturated heterocycles. The van der Waals surface area contributed by atoms with Crippen LogP contribution in [0.25, 0.3) is 0 Å². The molecule has 0 aromatic carbocycles. The molecule has 4 nitrogen and oxygen atoms in total. The fraction of sp³-hybridized carbons (Fsp3) is 0.333. The standard InChI is InChI=1S/C12H14N2O2S/c1-8-6-10(9(2)17-8)11(15)7-14-5-4-13(3)12(14)16/h4-6H,7H2,1-3H3. The van der Waals surface area contributed by atoms with Crippen molar-refractivity contribution in [2.24, 2.45) is 7.05 Å². The molecular weight excluding hydrogens is 236 g/mol. The number of nitrogens with zero attached hydrogens (tertiary/aromatic N) is 2. The second-order valence-electron chi connectivity index (χ2n) is 4.07. The third-order valence-corrected chi connectivity index (χ3v) is 3.64. The summed E-state index contributed by atoms with van der Waals surface area (Å²) in [4.78, 5) is 25.8. The van der Waals surface area contributed by atoms with Crippen molar-refractivity contribution in [1.29, 1.82) is 0 Å². The van der Waals surface area contributed by atoms with Crippen LogP contribution in [0.5, 0.6) is 0 Å². The minimum Gasteiger partial charge on any atom is -0.302 e. The van der Waals surface area contributed by atoms with E-state index in [1.807, 2.05) is 19.9 Å². The first-order valence-electron chi connectivity index (χ1n) is 5.31. The summed E-state index contributed by atoms with van der Waals surface area (Å²) < 4.78 is 2.88. The zero-order chi connectivity index (χ0) is 12.6. The smallest absolute Gasteiger partial charge is 0.302 e. The van der Waals surface area contributed by atoms with Gasteiger partial charge in [0.25, 0.3) is 0 Å². The molecule has 5 heteroatoms. The summed E-state index contributed by atoms with van der Waals surface area (Å²) >= 11 is 1.60. The molecule has 0 aliphatic carbocycles. The fourth-order valence-corrected chi connectivity index (χ4v) is 2.72. The predicted octanol–water partition coefficient (Wildman–Crippen LogP) is 1.75. The summed E-state index contributed by atoms with van der Waals surface area (Å²) in [7, 11) is 1.67. The lowest BCUT2D eigenvalue weighted by Crippen LogP contribution is -2.25. The molecular formula is C12H14N2O2S. The lowest BCUT2D eigenvalue weighted by atomic mass is 10.1. The van der Waals surface area contributed by atoms with Gasteiger partial charge in [-0.1, -0.05) is 0 Å². The molecule has 0 unspecified atom stereocenters. The van der Waals surface area contributed by atoms with E-state index in [1.54, 1.807) is 30.8 Å². The van der Waals surface area contributed by atoms with Crippen molar-refractivity contribution in [2.75, 3.05) is 0 Å². The van der Waals surface area contributed by atoms with Gasteiger partial charge in [0.05, 0.1) is 6.54 Å². The first-order chi connectivity index (χ1) is 7.99. The third kappa shape index (κ3) is 2.24. The number of hydrogen-bond donors (Lipinski definition) is 0. The van der Waals surface area contributed by atoms with Crippen molar-refractivity contribution in [3.8, 4) is 0 Å². The Morgan fingerprint density at radius 2 is 2.06 bits per heavy atom. The fourth-order valence-electron chi connectivity index (χ4n) is 1.78. The number of hydrogen-bond acceptors (Lipinski definition) is 3. The molecule has 90 valence electrons. The van der Waals surface area contributed by atoms with E-state index >= 15 is 0 Å². The van der Waals surface area contributed by atoms with E-state index in [4.69, 9.17) is 0 Å². The van der Waals surface area contributed by atoms with Crippen molar-refractivity contribution in [3.63, 3.8) is 0 Å². The minimum absolute atomic E-state index is 0.0137. The topological polar surface area (TPSA) is 44.0 Å². The van der Waals surface area contributed by atoms with Gasteiger partial charge in [0.15, 0.2) is 5.78 Å². The quantitative estimate of drug-likeness (QED) is 0.779.